The fourth-order valence-electron chi connectivity index (χ4n) is 1.94. The number of nitrogens with zero attached hydrogens (tertiary/aromatic N) is 1. The van der Waals surface area contributed by atoms with Crippen LogP contribution in [0, 0.1) is 0 Å². The minimum atomic E-state index is -0.284. The number of esters is 2. The lowest BCUT2D eigenvalue weighted by atomic mass is 10.1. The molecule has 0 aliphatic rings. The van der Waals surface area contributed by atoms with Crippen LogP contribution in [0.15, 0.2) is 24.3 Å². The van der Waals surface area contributed by atoms with Gasteiger partial charge in [-0.1, -0.05) is 33.7 Å². The zero-order valence-electron chi connectivity index (χ0n) is 15.3. The summed E-state index contributed by atoms with van der Waals surface area (Å²) in [5.41, 5.74) is 0.808. The molecule has 0 aromatic heterocycles. The van der Waals surface area contributed by atoms with E-state index < -0.39 is 0 Å². The molecule has 0 fully saturated rings. The number of carbonyl (C=O) groups excluding carboxylic acids is 2. The Kier molecular flexibility index (Phi) is 12.0. The molecular formula is C18H27NO5S2. The van der Waals surface area contributed by atoms with E-state index >= 15 is 0 Å². The zero-order chi connectivity index (χ0) is 19.2. The monoisotopic (exact) mass is 401 g/mol. The highest BCUT2D eigenvalue weighted by Crippen LogP contribution is 2.20. The summed E-state index contributed by atoms with van der Waals surface area (Å²) in [7, 11) is 7.13. The summed E-state index contributed by atoms with van der Waals surface area (Å²) >= 11 is 0. The number of phenolic OH excluding ortho intramolecular Hbond substituents is 1. The molecule has 0 aliphatic carbocycles. The number of rotatable bonds is 13. The highest BCUT2D eigenvalue weighted by atomic mass is 33.1. The maximum Gasteiger partial charge on any atom is 0.310 e. The summed E-state index contributed by atoms with van der Waals surface area (Å²) in [6.07, 6.45) is 1.46. The Hall–Kier alpha value is -1.38. The lowest BCUT2D eigenvalue weighted by Gasteiger charge is -2.08. The zero-order valence-corrected chi connectivity index (χ0v) is 16.9. The van der Waals surface area contributed by atoms with Crippen LogP contribution < -0.4 is 0 Å². The molecular weight excluding hydrogens is 374 g/mol. The van der Waals surface area contributed by atoms with Gasteiger partial charge in [0.1, 0.15) is 19.0 Å². The molecule has 0 saturated carbocycles. The van der Waals surface area contributed by atoms with Crippen molar-refractivity contribution in [2.45, 2.75) is 19.3 Å². The van der Waals surface area contributed by atoms with E-state index in [0.717, 1.165) is 18.5 Å². The summed E-state index contributed by atoms with van der Waals surface area (Å²) < 4.78 is 10.3. The second-order valence-electron chi connectivity index (χ2n) is 5.83. The normalized spacial score (nSPS) is 10.7. The Morgan fingerprint density at radius 2 is 1.58 bits per heavy atom. The molecule has 0 amide bonds. The van der Waals surface area contributed by atoms with E-state index in [2.05, 4.69) is 0 Å². The van der Waals surface area contributed by atoms with Gasteiger partial charge in [0.05, 0.1) is 6.42 Å². The molecule has 8 heteroatoms. The number of carbonyl (C=O) groups is 2. The van der Waals surface area contributed by atoms with Gasteiger partial charge >= 0.3 is 11.9 Å². The molecule has 146 valence electrons. The summed E-state index contributed by atoms with van der Waals surface area (Å²) in [6, 6.07) is 6.49. The first-order valence-corrected chi connectivity index (χ1v) is 10.9. The molecule has 1 aromatic carbocycles. The molecule has 0 saturated heterocycles. The van der Waals surface area contributed by atoms with Gasteiger partial charge in [-0.05, 0) is 44.8 Å². The Bertz CT molecular complexity index is 537. The Morgan fingerprint density at radius 3 is 2.15 bits per heavy atom. The molecule has 0 unspecified atom stereocenters. The van der Waals surface area contributed by atoms with E-state index in [1.54, 1.807) is 45.9 Å². The molecule has 26 heavy (non-hydrogen) atoms. The molecule has 1 rings (SSSR count). The number of hydrogen-bond donors (Lipinski definition) is 1. The molecule has 0 spiro atoms. The van der Waals surface area contributed by atoms with Crippen molar-refractivity contribution in [3.05, 3.63) is 29.8 Å². The van der Waals surface area contributed by atoms with E-state index in [4.69, 9.17) is 9.47 Å². The van der Waals surface area contributed by atoms with Gasteiger partial charge in [-0.25, -0.2) is 0 Å². The molecule has 0 bridgehead atoms. The fourth-order valence-corrected chi connectivity index (χ4v) is 3.59. The number of hydrogen-bond acceptors (Lipinski definition) is 8. The van der Waals surface area contributed by atoms with E-state index in [0.29, 0.717) is 31.1 Å². The van der Waals surface area contributed by atoms with Gasteiger partial charge in [-0.2, -0.15) is 0 Å². The number of ether oxygens (including phenoxy) is 2. The SMILES string of the molecule is CN(C)CCCC(=O)OCCSSCCOC(=O)Cc1ccc(O)cc1. The Labute approximate surface area is 163 Å². The van der Waals surface area contributed by atoms with E-state index in [1.807, 2.05) is 19.0 Å². The first-order chi connectivity index (χ1) is 12.5. The van der Waals surface area contributed by atoms with Crippen LogP contribution in [0.2, 0.25) is 0 Å². The minimum absolute atomic E-state index is 0.152. The summed E-state index contributed by atoms with van der Waals surface area (Å²) in [5, 5.41) is 9.19. The quantitative estimate of drug-likeness (QED) is 0.307. The van der Waals surface area contributed by atoms with E-state index in [1.165, 1.54) is 0 Å². The van der Waals surface area contributed by atoms with Gasteiger partial charge < -0.3 is 19.5 Å². The average molecular weight is 402 g/mol. The van der Waals surface area contributed by atoms with Crippen LogP contribution in [-0.2, 0) is 25.5 Å². The third-order valence-electron chi connectivity index (χ3n) is 3.21. The number of phenols is 1. The van der Waals surface area contributed by atoms with Crippen LogP contribution in [0.25, 0.3) is 0 Å². The molecule has 6 nitrogen and oxygen atoms in total. The van der Waals surface area contributed by atoms with Crippen molar-refractivity contribution in [2.24, 2.45) is 0 Å². The second kappa shape index (κ2) is 13.8. The minimum Gasteiger partial charge on any atom is -0.508 e. The largest absolute Gasteiger partial charge is 0.508 e. The van der Waals surface area contributed by atoms with Crippen molar-refractivity contribution in [3.8, 4) is 5.75 Å². The van der Waals surface area contributed by atoms with Crippen molar-refractivity contribution < 1.29 is 24.2 Å². The van der Waals surface area contributed by atoms with Crippen molar-refractivity contribution in [3.63, 3.8) is 0 Å². The second-order valence-corrected chi connectivity index (χ2v) is 8.54. The summed E-state index contributed by atoms with van der Waals surface area (Å²) in [4.78, 5) is 25.2. The molecule has 0 radical (unpaired) electrons. The third-order valence-corrected chi connectivity index (χ3v) is 5.55. The van der Waals surface area contributed by atoms with Gasteiger partial charge in [0.25, 0.3) is 0 Å². The highest BCUT2D eigenvalue weighted by Gasteiger charge is 2.05. The Morgan fingerprint density at radius 1 is 1.00 bits per heavy atom. The maximum absolute atomic E-state index is 11.7. The molecule has 1 N–H and O–H groups in total. The lowest BCUT2D eigenvalue weighted by Crippen LogP contribution is -2.15. The van der Waals surface area contributed by atoms with Crippen LogP contribution in [0.5, 0.6) is 5.75 Å². The lowest BCUT2D eigenvalue weighted by molar-refractivity contribution is -0.143. The van der Waals surface area contributed by atoms with Gasteiger partial charge in [0, 0.05) is 17.9 Å². The summed E-state index contributed by atoms with van der Waals surface area (Å²) in [5.74, 6) is 1.14. The van der Waals surface area contributed by atoms with E-state index in [9.17, 15) is 14.7 Å². The average Bonchev–Trinajstić information content (AvgIpc) is 2.59. The number of benzene rings is 1. The first kappa shape index (κ1) is 22.7. The van der Waals surface area contributed by atoms with Crippen molar-refractivity contribution in [1.29, 1.82) is 0 Å². The van der Waals surface area contributed by atoms with Gasteiger partial charge in [-0.3, -0.25) is 9.59 Å². The molecule has 0 heterocycles. The molecule has 0 aliphatic heterocycles. The van der Waals surface area contributed by atoms with Crippen LogP contribution in [-0.4, -0.2) is 67.3 Å². The van der Waals surface area contributed by atoms with Gasteiger partial charge in [0.2, 0.25) is 0 Å². The third kappa shape index (κ3) is 12.1. The Balaban J connectivity index is 1.93. The molecule has 1 aromatic rings. The fraction of sp³-hybridized carbons (Fsp3) is 0.556. The standard InChI is InChI=1S/C18H27NO5S2/c1-19(2)9-3-4-17(21)23-10-12-25-26-13-11-24-18(22)14-15-5-7-16(20)8-6-15/h5-8,20H,3-4,9-14H2,1-2H3. The maximum atomic E-state index is 11.7. The van der Waals surface area contributed by atoms with Crippen molar-refractivity contribution in [2.75, 3.05) is 45.4 Å². The van der Waals surface area contributed by atoms with Gasteiger partial charge in [0.15, 0.2) is 0 Å². The van der Waals surface area contributed by atoms with Gasteiger partial charge in [-0.15, -0.1) is 0 Å². The van der Waals surface area contributed by atoms with Crippen LogP contribution in [0.4, 0.5) is 0 Å². The highest BCUT2D eigenvalue weighted by molar-refractivity contribution is 8.76. The first-order valence-electron chi connectivity index (χ1n) is 8.45. The van der Waals surface area contributed by atoms with Crippen LogP contribution in [0.1, 0.15) is 18.4 Å². The smallest absolute Gasteiger partial charge is 0.310 e. The summed E-state index contributed by atoms with van der Waals surface area (Å²) in [6.45, 7) is 1.63. The van der Waals surface area contributed by atoms with Crippen LogP contribution in [0.3, 0.4) is 0 Å². The van der Waals surface area contributed by atoms with Crippen LogP contribution >= 0.6 is 21.6 Å². The van der Waals surface area contributed by atoms with Crippen molar-refractivity contribution >= 4 is 33.5 Å². The molecule has 0 atom stereocenters. The predicted octanol–water partition coefficient (Wildman–Crippen LogP) is 2.74. The predicted molar refractivity (Wildman–Crippen MR) is 106 cm³/mol. The van der Waals surface area contributed by atoms with Crippen molar-refractivity contribution in [1.82, 2.24) is 4.90 Å². The van der Waals surface area contributed by atoms with E-state index in [-0.39, 0.29) is 24.1 Å². The topological polar surface area (TPSA) is 76.1 Å². The number of aromatic hydroxyl groups is 1.